The fraction of sp³-hybridized carbons (Fsp3) is 0.158. The molecule has 0 saturated carbocycles. The van der Waals surface area contributed by atoms with E-state index in [4.69, 9.17) is 0 Å². The zero-order chi connectivity index (χ0) is 21.0. The molecule has 0 saturated heterocycles. The van der Waals surface area contributed by atoms with E-state index in [9.17, 15) is 8.42 Å². The Kier molecular flexibility index (Phi) is 5.55. The molecule has 30 heavy (non-hydrogen) atoms. The van der Waals surface area contributed by atoms with Crippen molar-refractivity contribution in [3.05, 3.63) is 73.1 Å². The Morgan fingerprint density at radius 2 is 1.83 bits per heavy atom. The van der Waals surface area contributed by atoms with Gasteiger partial charge < -0.3 is 5.32 Å². The van der Waals surface area contributed by atoms with Crippen LogP contribution in [0.25, 0.3) is 11.5 Å². The Bertz CT molecular complexity index is 1220. The molecule has 1 aromatic carbocycles. The van der Waals surface area contributed by atoms with Crippen molar-refractivity contribution >= 4 is 15.8 Å². The van der Waals surface area contributed by atoms with Crippen LogP contribution in [0.2, 0.25) is 0 Å². The van der Waals surface area contributed by atoms with E-state index in [-0.39, 0.29) is 11.4 Å². The highest BCUT2D eigenvalue weighted by Crippen LogP contribution is 2.13. The number of hydrogen-bond donors (Lipinski definition) is 2. The molecular formula is C19H20N8O2S. The number of hydrogen-bond acceptors (Lipinski definition) is 7. The van der Waals surface area contributed by atoms with Gasteiger partial charge in [-0.05, 0) is 43.3 Å². The van der Waals surface area contributed by atoms with Gasteiger partial charge in [0.05, 0.1) is 16.3 Å². The van der Waals surface area contributed by atoms with E-state index >= 15 is 0 Å². The van der Waals surface area contributed by atoms with E-state index in [1.807, 2.05) is 19.2 Å². The molecule has 4 aromatic rings. The van der Waals surface area contributed by atoms with Gasteiger partial charge >= 0.3 is 0 Å². The Balaban J connectivity index is 1.33. The number of sulfonamides is 1. The summed E-state index contributed by atoms with van der Waals surface area (Å²) < 4.78 is 30.9. The number of rotatable bonds is 8. The average Bonchev–Trinajstić information content (AvgIpc) is 3.44. The Hall–Kier alpha value is -3.57. The van der Waals surface area contributed by atoms with Crippen molar-refractivity contribution in [2.24, 2.45) is 0 Å². The summed E-state index contributed by atoms with van der Waals surface area (Å²) in [7, 11) is -3.62. The van der Waals surface area contributed by atoms with Gasteiger partial charge in [0.25, 0.3) is 0 Å². The maximum absolute atomic E-state index is 12.5. The first-order valence-corrected chi connectivity index (χ1v) is 10.7. The van der Waals surface area contributed by atoms with Crippen LogP contribution in [0.4, 0.5) is 5.82 Å². The first-order chi connectivity index (χ1) is 14.5. The van der Waals surface area contributed by atoms with Crippen molar-refractivity contribution in [2.45, 2.75) is 11.8 Å². The van der Waals surface area contributed by atoms with Gasteiger partial charge in [0, 0.05) is 37.7 Å². The normalized spacial score (nSPS) is 11.5. The number of benzene rings is 1. The summed E-state index contributed by atoms with van der Waals surface area (Å²) in [5, 5.41) is 11.5. The van der Waals surface area contributed by atoms with Crippen molar-refractivity contribution in [3.63, 3.8) is 0 Å². The molecule has 0 fully saturated rings. The van der Waals surface area contributed by atoms with Crippen molar-refractivity contribution in [2.75, 3.05) is 18.4 Å². The second-order valence-electron chi connectivity index (χ2n) is 6.43. The molecule has 154 valence electrons. The van der Waals surface area contributed by atoms with Gasteiger partial charge in [0.15, 0.2) is 5.82 Å². The minimum absolute atomic E-state index is 0.191. The maximum atomic E-state index is 12.5. The van der Waals surface area contributed by atoms with Crippen LogP contribution < -0.4 is 10.0 Å². The molecule has 0 aliphatic rings. The Labute approximate surface area is 173 Å². The molecule has 0 bridgehead atoms. The molecule has 0 spiro atoms. The van der Waals surface area contributed by atoms with Gasteiger partial charge in [-0.2, -0.15) is 10.2 Å². The quantitative estimate of drug-likeness (QED) is 0.412. The predicted molar refractivity (Wildman–Crippen MR) is 111 cm³/mol. The second-order valence-corrected chi connectivity index (χ2v) is 8.20. The molecule has 4 rings (SSSR count). The number of aryl methyl sites for hydroxylation is 1. The van der Waals surface area contributed by atoms with Gasteiger partial charge in [-0.15, -0.1) is 0 Å². The van der Waals surface area contributed by atoms with Gasteiger partial charge in [0.1, 0.15) is 12.1 Å². The smallest absolute Gasteiger partial charge is 0.240 e. The summed E-state index contributed by atoms with van der Waals surface area (Å²) >= 11 is 0. The van der Waals surface area contributed by atoms with E-state index in [2.05, 4.69) is 30.2 Å². The van der Waals surface area contributed by atoms with E-state index in [0.717, 1.165) is 11.4 Å². The van der Waals surface area contributed by atoms with Crippen molar-refractivity contribution in [3.8, 4) is 11.5 Å². The average molecular weight is 424 g/mol. The first-order valence-electron chi connectivity index (χ1n) is 9.20. The molecule has 0 unspecified atom stereocenters. The molecule has 0 radical (unpaired) electrons. The number of nitrogens with zero attached hydrogens (tertiary/aromatic N) is 6. The molecule has 3 aromatic heterocycles. The summed E-state index contributed by atoms with van der Waals surface area (Å²) in [4.78, 5) is 8.53. The third-order valence-corrected chi connectivity index (χ3v) is 5.73. The molecule has 0 aliphatic carbocycles. The van der Waals surface area contributed by atoms with E-state index in [1.54, 1.807) is 58.2 Å². The van der Waals surface area contributed by atoms with Gasteiger partial charge in [0.2, 0.25) is 10.0 Å². The molecular weight excluding hydrogens is 404 g/mol. The Morgan fingerprint density at radius 3 is 2.53 bits per heavy atom. The predicted octanol–water partition coefficient (Wildman–Crippen LogP) is 1.55. The summed E-state index contributed by atoms with van der Waals surface area (Å²) in [5.41, 5.74) is 1.67. The van der Waals surface area contributed by atoms with E-state index in [1.165, 1.54) is 6.33 Å². The summed E-state index contributed by atoms with van der Waals surface area (Å²) in [6.45, 7) is 2.45. The van der Waals surface area contributed by atoms with Crippen molar-refractivity contribution in [1.29, 1.82) is 0 Å². The molecule has 2 N–H and O–H groups in total. The fourth-order valence-corrected chi connectivity index (χ4v) is 3.80. The highest BCUT2D eigenvalue weighted by atomic mass is 32.2. The van der Waals surface area contributed by atoms with Crippen LogP contribution in [0, 0.1) is 6.92 Å². The third kappa shape index (κ3) is 4.53. The SMILES string of the molecule is Cc1ccn(-c2cc(NCCNS(=O)(=O)c3ccc(-n4cccn4)cc3)ncn2)n1. The lowest BCUT2D eigenvalue weighted by molar-refractivity contribution is 0.583. The fourth-order valence-electron chi connectivity index (χ4n) is 2.77. The summed E-state index contributed by atoms with van der Waals surface area (Å²) in [6.07, 6.45) is 6.70. The number of anilines is 1. The van der Waals surface area contributed by atoms with Crippen LogP contribution in [-0.2, 0) is 10.0 Å². The lowest BCUT2D eigenvalue weighted by Gasteiger charge is -2.10. The van der Waals surface area contributed by atoms with Crippen LogP contribution in [-0.4, -0.2) is 51.0 Å². The maximum Gasteiger partial charge on any atom is 0.240 e. The van der Waals surface area contributed by atoms with Crippen molar-refractivity contribution in [1.82, 2.24) is 34.3 Å². The van der Waals surface area contributed by atoms with E-state index < -0.39 is 10.0 Å². The van der Waals surface area contributed by atoms with Crippen LogP contribution in [0.1, 0.15) is 5.69 Å². The van der Waals surface area contributed by atoms with Crippen LogP contribution in [0.5, 0.6) is 0 Å². The minimum Gasteiger partial charge on any atom is -0.369 e. The standard InChI is InChI=1S/C19H20N8O2S/c1-15-7-12-27(25-15)19-13-18(21-14-22-19)20-9-10-24-30(28,29)17-5-3-16(4-6-17)26-11-2-8-23-26/h2-8,11-14,24H,9-10H2,1H3,(H,20,21,22). The lowest BCUT2D eigenvalue weighted by atomic mass is 10.3. The number of nitrogens with one attached hydrogen (secondary N) is 2. The Morgan fingerprint density at radius 1 is 1.00 bits per heavy atom. The van der Waals surface area contributed by atoms with Gasteiger partial charge in [-0.1, -0.05) is 0 Å². The monoisotopic (exact) mass is 424 g/mol. The number of aromatic nitrogens is 6. The molecule has 0 atom stereocenters. The molecule has 10 nitrogen and oxygen atoms in total. The van der Waals surface area contributed by atoms with Crippen LogP contribution in [0.15, 0.2) is 72.3 Å². The molecule has 3 heterocycles. The van der Waals surface area contributed by atoms with Gasteiger partial charge in [-0.3, -0.25) is 0 Å². The van der Waals surface area contributed by atoms with Crippen LogP contribution in [0.3, 0.4) is 0 Å². The highest BCUT2D eigenvalue weighted by molar-refractivity contribution is 7.89. The topological polar surface area (TPSA) is 120 Å². The third-order valence-electron chi connectivity index (χ3n) is 4.25. The minimum atomic E-state index is -3.62. The largest absolute Gasteiger partial charge is 0.369 e. The van der Waals surface area contributed by atoms with Gasteiger partial charge in [-0.25, -0.2) is 32.5 Å². The highest BCUT2D eigenvalue weighted by Gasteiger charge is 2.13. The van der Waals surface area contributed by atoms with Crippen molar-refractivity contribution < 1.29 is 8.42 Å². The zero-order valence-electron chi connectivity index (χ0n) is 16.2. The zero-order valence-corrected chi connectivity index (χ0v) is 17.0. The summed E-state index contributed by atoms with van der Waals surface area (Å²) in [5.74, 6) is 1.20. The second kappa shape index (κ2) is 8.43. The van der Waals surface area contributed by atoms with Crippen LogP contribution >= 0.6 is 0 Å². The first kappa shape index (κ1) is 19.7. The summed E-state index contributed by atoms with van der Waals surface area (Å²) in [6, 6.07) is 11.9. The molecule has 11 heteroatoms. The molecule has 0 aliphatic heterocycles. The van der Waals surface area contributed by atoms with E-state index in [0.29, 0.717) is 18.2 Å². The molecule has 0 amide bonds. The lowest BCUT2D eigenvalue weighted by Crippen LogP contribution is -2.29.